The van der Waals surface area contributed by atoms with E-state index in [9.17, 15) is 9.59 Å². The topological polar surface area (TPSA) is 40.6 Å². The molecule has 0 saturated carbocycles. The zero-order valence-corrected chi connectivity index (χ0v) is 14.9. The maximum Gasteiger partial charge on any atom is 0.253 e. The highest BCUT2D eigenvalue weighted by Gasteiger charge is 2.23. The number of Topliss-reactive ketones (excluding diaryl/α,β-unsaturated/α-hetero) is 1. The largest absolute Gasteiger partial charge is 0.336 e. The van der Waals surface area contributed by atoms with Gasteiger partial charge >= 0.3 is 0 Å². The lowest BCUT2D eigenvalue weighted by atomic mass is 10.1. The van der Waals surface area contributed by atoms with Gasteiger partial charge in [-0.2, -0.15) is 0 Å². The van der Waals surface area contributed by atoms with Crippen molar-refractivity contribution in [3.05, 3.63) is 57.3 Å². The normalized spacial score (nSPS) is 15.5. The first-order chi connectivity index (χ1) is 11.5. The number of aryl methyl sites for hydroxylation is 2. The van der Waals surface area contributed by atoms with Crippen molar-refractivity contribution in [3.63, 3.8) is 0 Å². The summed E-state index contributed by atoms with van der Waals surface area (Å²) in [5.41, 5.74) is 3.09. The lowest BCUT2D eigenvalue weighted by molar-refractivity contribution is 0.0625. The SMILES string of the molecule is Cc1ccc(C(=O)N2CCN(CC(=O)c3cccs3)CC2)cc1C. The molecule has 0 spiro atoms. The second-order valence-corrected chi connectivity index (χ2v) is 7.22. The number of hydrogen-bond acceptors (Lipinski definition) is 4. The number of nitrogens with zero attached hydrogens (tertiary/aromatic N) is 2. The Morgan fingerprint density at radius 3 is 2.42 bits per heavy atom. The molecule has 1 aliphatic heterocycles. The van der Waals surface area contributed by atoms with Crippen LogP contribution < -0.4 is 0 Å². The monoisotopic (exact) mass is 342 g/mol. The second kappa shape index (κ2) is 7.28. The number of piperazine rings is 1. The summed E-state index contributed by atoms with van der Waals surface area (Å²) < 4.78 is 0. The molecule has 0 unspecified atom stereocenters. The smallest absolute Gasteiger partial charge is 0.253 e. The Morgan fingerprint density at radius 1 is 1.04 bits per heavy atom. The van der Waals surface area contributed by atoms with Crippen LogP contribution in [0.1, 0.15) is 31.2 Å². The molecule has 1 aromatic carbocycles. The summed E-state index contributed by atoms with van der Waals surface area (Å²) >= 11 is 1.48. The van der Waals surface area contributed by atoms with Crippen LogP contribution in [0.15, 0.2) is 35.7 Å². The quantitative estimate of drug-likeness (QED) is 0.802. The van der Waals surface area contributed by atoms with Gasteiger partial charge in [-0.3, -0.25) is 14.5 Å². The van der Waals surface area contributed by atoms with E-state index >= 15 is 0 Å². The van der Waals surface area contributed by atoms with Gasteiger partial charge in [0.2, 0.25) is 0 Å². The van der Waals surface area contributed by atoms with E-state index in [1.807, 2.05) is 54.5 Å². The van der Waals surface area contributed by atoms with Crippen molar-refractivity contribution in [2.45, 2.75) is 13.8 Å². The third-order valence-electron chi connectivity index (χ3n) is 4.58. The van der Waals surface area contributed by atoms with Crippen LogP contribution in [0.5, 0.6) is 0 Å². The molecule has 0 bridgehead atoms. The third kappa shape index (κ3) is 3.74. The van der Waals surface area contributed by atoms with E-state index in [0.717, 1.165) is 29.1 Å². The lowest BCUT2D eigenvalue weighted by Crippen LogP contribution is -2.49. The highest BCUT2D eigenvalue weighted by Crippen LogP contribution is 2.15. The van der Waals surface area contributed by atoms with Crippen LogP contribution in [0.4, 0.5) is 0 Å². The van der Waals surface area contributed by atoms with E-state index in [1.165, 1.54) is 16.9 Å². The predicted molar refractivity (Wildman–Crippen MR) is 96.9 cm³/mol. The molecule has 2 heterocycles. The number of hydrogen-bond donors (Lipinski definition) is 0. The first-order valence-corrected chi connectivity index (χ1v) is 9.08. The molecule has 0 N–H and O–H groups in total. The van der Waals surface area contributed by atoms with E-state index in [2.05, 4.69) is 4.90 Å². The minimum absolute atomic E-state index is 0.0855. The summed E-state index contributed by atoms with van der Waals surface area (Å²) in [5, 5.41) is 1.92. The molecule has 1 aromatic heterocycles. The van der Waals surface area contributed by atoms with Crippen LogP contribution in [-0.4, -0.2) is 54.2 Å². The lowest BCUT2D eigenvalue weighted by Gasteiger charge is -2.34. The number of carbonyl (C=O) groups excluding carboxylic acids is 2. The summed E-state index contributed by atoms with van der Waals surface area (Å²) in [6.07, 6.45) is 0. The summed E-state index contributed by atoms with van der Waals surface area (Å²) in [6.45, 7) is 7.34. The Morgan fingerprint density at radius 2 is 1.79 bits per heavy atom. The maximum absolute atomic E-state index is 12.6. The maximum atomic E-state index is 12.6. The van der Waals surface area contributed by atoms with E-state index in [4.69, 9.17) is 0 Å². The summed E-state index contributed by atoms with van der Waals surface area (Å²) in [6, 6.07) is 9.63. The number of carbonyl (C=O) groups is 2. The molecule has 0 radical (unpaired) electrons. The van der Waals surface area contributed by atoms with Crippen molar-refractivity contribution in [3.8, 4) is 0 Å². The average Bonchev–Trinajstić information content (AvgIpc) is 3.12. The van der Waals surface area contributed by atoms with Crippen molar-refractivity contribution in [1.29, 1.82) is 0 Å². The van der Waals surface area contributed by atoms with Crippen LogP contribution in [-0.2, 0) is 0 Å². The fourth-order valence-corrected chi connectivity index (χ4v) is 3.54. The highest BCUT2D eigenvalue weighted by molar-refractivity contribution is 7.12. The Labute approximate surface area is 146 Å². The van der Waals surface area contributed by atoms with Crippen molar-refractivity contribution >= 4 is 23.0 Å². The van der Waals surface area contributed by atoms with E-state index in [-0.39, 0.29) is 11.7 Å². The third-order valence-corrected chi connectivity index (χ3v) is 5.49. The Hall–Kier alpha value is -1.98. The highest BCUT2D eigenvalue weighted by atomic mass is 32.1. The van der Waals surface area contributed by atoms with Gasteiger partial charge < -0.3 is 4.90 Å². The first kappa shape index (κ1) is 16.9. The van der Waals surface area contributed by atoms with Crippen LogP contribution in [0.2, 0.25) is 0 Å². The molecule has 4 nitrogen and oxygen atoms in total. The molecule has 2 aromatic rings. The number of benzene rings is 1. The summed E-state index contributed by atoms with van der Waals surface area (Å²) in [7, 11) is 0. The predicted octanol–water partition coefficient (Wildman–Crippen LogP) is 3.01. The van der Waals surface area contributed by atoms with Gasteiger partial charge in [0.15, 0.2) is 5.78 Å². The van der Waals surface area contributed by atoms with E-state index < -0.39 is 0 Å². The van der Waals surface area contributed by atoms with Gasteiger partial charge in [-0.25, -0.2) is 0 Å². The van der Waals surface area contributed by atoms with Gasteiger partial charge in [-0.1, -0.05) is 12.1 Å². The van der Waals surface area contributed by atoms with Gasteiger partial charge in [0.05, 0.1) is 11.4 Å². The first-order valence-electron chi connectivity index (χ1n) is 8.20. The summed E-state index contributed by atoms with van der Waals surface area (Å²) in [5.74, 6) is 0.251. The van der Waals surface area contributed by atoms with Crippen molar-refractivity contribution < 1.29 is 9.59 Å². The van der Waals surface area contributed by atoms with Crippen molar-refractivity contribution in [2.75, 3.05) is 32.7 Å². The zero-order chi connectivity index (χ0) is 17.1. The Kier molecular flexibility index (Phi) is 5.11. The van der Waals surface area contributed by atoms with Gasteiger partial charge in [0.25, 0.3) is 5.91 Å². The molecule has 126 valence electrons. The molecule has 1 saturated heterocycles. The molecule has 1 amide bonds. The Balaban J connectivity index is 1.55. The van der Waals surface area contributed by atoms with Crippen LogP contribution in [0.25, 0.3) is 0 Å². The number of rotatable bonds is 4. The standard InChI is InChI=1S/C19H22N2O2S/c1-14-5-6-16(12-15(14)2)19(23)21-9-7-20(8-10-21)13-17(22)18-4-3-11-24-18/h3-6,11-12H,7-10,13H2,1-2H3. The Bertz CT molecular complexity index is 732. The summed E-state index contributed by atoms with van der Waals surface area (Å²) in [4.78, 5) is 29.6. The molecule has 0 aliphatic carbocycles. The molecular formula is C19H22N2O2S. The van der Waals surface area contributed by atoms with Crippen molar-refractivity contribution in [1.82, 2.24) is 9.80 Å². The fourth-order valence-electron chi connectivity index (χ4n) is 2.88. The zero-order valence-electron chi connectivity index (χ0n) is 14.1. The van der Waals surface area contributed by atoms with Gasteiger partial charge in [-0.05, 0) is 48.6 Å². The number of thiophene rings is 1. The molecule has 1 aliphatic rings. The van der Waals surface area contributed by atoms with E-state index in [0.29, 0.717) is 19.6 Å². The number of ketones is 1. The van der Waals surface area contributed by atoms with Gasteiger partial charge in [-0.15, -0.1) is 11.3 Å². The second-order valence-electron chi connectivity index (χ2n) is 6.27. The minimum Gasteiger partial charge on any atom is -0.336 e. The molecule has 0 atom stereocenters. The van der Waals surface area contributed by atoms with Gasteiger partial charge in [0, 0.05) is 31.7 Å². The van der Waals surface area contributed by atoms with E-state index in [1.54, 1.807) is 0 Å². The molecule has 5 heteroatoms. The number of amides is 1. The molecule has 1 fully saturated rings. The molecule has 24 heavy (non-hydrogen) atoms. The average molecular weight is 342 g/mol. The fraction of sp³-hybridized carbons (Fsp3) is 0.368. The van der Waals surface area contributed by atoms with Crippen LogP contribution >= 0.6 is 11.3 Å². The van der Waals surface area contributed by atoms with Crippen LogP contribution in [0.3, 0.4) is 0 Å². The molecule has 3 rings (SSSR count). The molecular weight excluding hydrogens is 320 g/mol. The van der Waals surface area contributed by atoms with Gasteiger partial charge in [0.1, 0.15) is 0 Å². The minimum atomic E-state index is 0.0855. The van der Waals surface area contributed by atoms with Crippen LogP contribution in [0, 0.1) is 13.8 Å². The van der Waals surface area contributed by atoms with Crippen molar-refractivity contribution in [2.24, 2.45) is 0 Å².